The molecule has 0 radical (unpaired) electrons. The van der Waals surface area contributed by atoms with Crippen LogP contribution in [0.5, 0.6) is 5.75 Å². The minimum absolute atomic E-state index is 0.00162. The van der Waals surface area contributed by atoms with E-state index in [1.807, 2.05) is 36.2 Å². The summed E-state index contributed by atoms with van der Waals surface area (Å²) in [5.74, 6) is 1.47. The van der Waals surface area contributed by atoms with Crippen LogP contribution in [-0.2, 0) is 6.42 Å². The van der Waals surface area contributed by atoms with Crippen LogP contribution in [0, 0.1) is 5.92 Å². The van der Waals surface area contributed by atoms with Gasteiger partial charge in [-0.15, -0.1) is 0 Å². The van der Waals surface area contributed by atoms with E-state index in [2.05, 4.69) is 22.0 Å². The lowest BCUT2D eigenvalue weighted by Crippen LogP contribution is -2.42. The highest BCUT2D eigenvalue weighted by molar-refractivity contribution is 5.92. The number of benzene rings is 1. The molecule has 1 saturated heterocycles. The van der Waals surface area contributed by atoms with E-state index in [1.165, 1.54) is 18.4 Å². The maximum Gasteiger partial charge on any atom is 0.272 e. The quantitative estimate of drug-likeness (QED) is 0.754. The second-order valence-corrected chi connectivity index (χ2v) is 7.27. The molecule has 2 aromatic rings. The standard InChI is InChI=1S/C22H29N3O2/c1-24(22(26)20-10-5-6-13-23-20)16-18-8-7-14-25(17-18)15-12-19-9-3-4-11-21(19)27-2/h3-6,9-11,13,18H,7-8,12,14-17H2,1-2H3. The predicted molar refractivity (Wildman–Crippen MR) is 107 cm³/mol. The first-order valence-corrected chi connectivity index (χ1v) is 9.68. The first-order valence-electron chi connectivity index (χ1n) is 9.68. The van der Waals surface area contributed by atoms with Gasteiger partial charge in [-0.1, -0.05) is 24.3 Å². The van der Waals surface area contributed by atoms with Gasteiger partial charge in [0.25, 0.3) is 5.91 Å². The van der Waals surface area contributed by atoms with Crippen LogP contribution in [0.15, 0.2) is 48.7 Å². The minimum atomic E-state index is 0.00162. The van der Waals surface area contributed by atoms with Crippen molar-refractivity contribution in [2.24, 2.45) is 5.92 Å². The number of rotatable bonds is 7. The Bertz CT molecular complexity index is 735. The number of ether oxygens (including phenoxy) is 1. The van der Waals surface area contributed by atoms with Crippen molar-refractivity contribution in [3.8, 4) is 5.75 Å². The van der Waals surface area contributed by atoms with E-state index < -0.39 is 0 Å². The molecule has 0 aliphatic carbocycles. The fraction of sp³-hybridized carbons (Fsp3) is 0.455. The molecule has 1 aromatic carbocycles. The molecule has 1 aliphatic heterocycles. The van der Waals surface area contributed by atoms with Crippen LogP contribution in [-0.4, -0.2) is 61.0 Å². The molecule has 0 saturated carbocycles. The van der Waals surface area contributed by atoms with Gasteiger partial charge in [0.15, 0.2) is 0 Å². The van der Waals surface area contributed by atoms with Gasteiger partial charge in [-0.2, -0.15) is 0 Å². The first-order chi connectivity index (χ1) is 13.2. The molecule has 1 atom stereocenters. The van der Waals surface area contributed by atoms with Gasteiger partial charge >= 0.3 is 0 Å². The molecule has 1 amide bonds. The summed E-state index contributed by atoms with van der Waals surface area (Å²) in [7, 11) is 3.61. The second kappa shape index (κ2) is 9.51. The van der Waals surface area contributed by atoms with Crippen molar-refractivity contribution in [2.45, 2.75) is 19.3 Å². The topological polar surface area (TPSA) is 45.7 Å². The Morgan fingerprint density at radius 1 is 1.26 bits per heavy atom. The maximum absolute atomic E-state index is 12.5. The Morgan fingerprint density at radius 3 is 2.85 bits per heavy atom. The third kappa shape index (κ3) is 5.30. The average Bonchev–Trinajstić information content (AvgIpc) is 2.72. The van der Waals surface area contributed by atoms with Gasteiger partial charge in [0.05, 0.1) is 7.11 Å². The molecule has 1 aliphatic rings. The number of para-hydroxylation sites is 1. The number of hydrogen-bond acceptors (Lipinski definition) is 4. The zero-order chi connectivity index (χ0) is 19.1. The van der Waals surface area contributed by atoms with Crippen molar-refractivity contribution in [2.75, 3.05) is 40.3 Å². The molecule has 1 fully saturated rings. The summed E-state index contributed by atoms with van der Waals surface area (Å²) in [5.41, 5.74) is 1.77. The van der Waals surface area contributed by atoms with Crippen LogP contribution in [0.1, 0.15) is 28.9 Å². The molecule has 1 aromatic heterocycles. The average molecular weight is 367 g/mol. The van der Waals surface area contributed by atoms with Gasteiger partial charge in [0.1, 0.15) is 11.4 Å². The van der Waals surface area contributed by atoms with E-state index in [-0.39, 0.29) is 5.91 Å². The third-order valence-electron chi connectivity index (χ3n) is 5.26. The van der Waals surface area contributed by atoms with Gasteiger partial charge < -0.3 is 14.5 Å². The lowest BCUT2D eigenvalue weighted by Gasteiger charge is -2.34. The van der Waals surface area contributed by atoms with Crippen LogP contribution < -0.4 is 4.74 Å². The number of nitrogens with zero attached hydrogens (tertiary/aromatic N) is 3. The van der Waals surface area contributed by atoms with Crippen LogP contribution in [0.25, 0.3) is 0 Å². The number of aromatic nitrogens is 1. The van der Waals surface area contributed by atoms with Gasteiger partial charge in [-0.3, -0.25) is 9.78 Å². The largest absolute Gasteiger partial charge is 0.496 e. The maximum atomic E-state index is 12.5. The van der Waals surface area contributed by atoms with E-state index in [0.717, 1.165) is 38.3 Å². The van der Waals surface area contributed by atoms with Gasteiger partial charge in [0.2, 0.25) is 0 Å². The molecule has 0 bridgehead atoms. The molecule has 27 heavy (non-hydrogen) atoms. The minimum Gasteiger partial charge on any atom is -0.496 e. The van der Waals surface area contributed by atoms with Crippen LogP contribution in [0.4, 0.5) is 0 Å². The summed E-state index contributed by atoms with van der Waals surface area (Å²) in [6.07, 6.45) is 5.01. The van der Waals surface area contributed by atoms with Crippen molar-refractivity contribution in [1.82, 2.24) is 14.8 Å². The molecule has 0 spiro atoms. The van der Waals surface area contributed by atoms with E-state index in [0.29, 0.717) is 11.6 Å². The predicted octanol–water partition coefficient (Wildman–Crippen LogP) is 3.12. The highest BCUT2D eigenvalue weighted by Crippen LogP contribution is 2.21. The zero-order valence-electron chi connectivity index (χ0n) is 16.3. The number of methoxy groups -OCH3 is 1. The molecule has 2 heterocycles. The number of amides is 1. The second-order valence-electron chi connectivity index (χ2n) is 7.27. The number of piperidine rings is 1. The molecule has 5 nitrogen and oxygen atoms in total. The van der Waals surface area contributed by atoms with Crippen LogP contribution in [0.2, 0.25) is 0 Å². The van der Waals surface area contributed by atoms with Gasteiger partial charge in [-0.05, 0) is 55.5 Å². The number of hydrogen-bond donors (Lipinski definition) is 0. The highest BCUT2D eigenvalue weighted by Gasteiger charge is 2.23. The monoisotopic (exact) mass is 367 g/mol. The Labute approximate surface area is 162 Å². The van der Waals surface area contributed by atoms with Crippen molar-refractivity contribution in [3.05, 3.63) is 59.9 Å². The highest BCUT2D eigenvalue weighted by atomic mass is 16.5. The Morgan fingerprint density at radius 2 is 2.07 bits per heavy atom. The molecular formula is C22H29N3O2. The summed E-state index contributed by atoms with van der Waals surface area (Å²) in [6.45, 7) is 3.97. The summed E-state index contributed by atoms with van der Waals surface area (Å²) in [5, 5.41) is 0. The third-order valence-corrected chi connectivity index (χ3v) is 5.26. The van der Waals surface area contributed by atoms with Crippen molar-refractivity contribution >= 4 is 5.91 Å². The Kier molecular flexibility index (Phi) is 6.82. The summed E-state index contributed by atoms with van der Waals surface area (Å²) in [6, 6.07) is 13.7. The zero-order valence-corrected chi connectivity index (χ0v) is 16.3. The smallest absolute Gasteiger partial charge is 0.272 e. The SMILES string of the molecule is COc1ccccc1CCN1CCCC(CN(C)C(=O)c2ccccn2)C1. The fourth-order valence-corrected chi connectivity index (χ4v) is 3.85. The fourth-order valence-electron chi connectivity index (χ4n) is 3.85. The molecule has 0 N–H and O–H groups in total. The Hall–Kier alpha value is -2.40. The van der Waals surface area contributed by atoms with Gasteiger partial charge in [0, 0.05) is 32.9 Å². The first kappa shape index (κ1) is 19.4. The van der Waals surface area contributed by atoms with Crippen molar-refractivity contribution in [1.29, 1.82) is 0 Å². The lowest BCUT2D eigenvalue weighted by molar-refractivity contribution is 0.0724. The van der Waals surface area contributed by atoms with E-state index in [4.69, 9.17) is 4.74 Å². The van der Waals surface area contributed by atoms with Crippen LogP contribution in [0.3, 0.4) is 0 Å². The number of carbonyl (C=O) groups excluding carboxylic acids is 1. The molecule has 5 heteroatoms. The normalized spacial score (nSPS) is 17.5. The summed E-state index contributed by atoms with van der Waals surface area (Å²) < 4.78 is 5.46. The lowest BCUT2D eigenvalue weighted by atomic mass is 9.97. The summed E-state index contributed by atoms with van der Waals surface area (Å²) in [4.78, 5) is 21.0. The van der Waals surface area contributed by atoms with Gasteiger partial charge in [-0.25, -0.2) is 0 Å². The number of likely N-dealkylation sites (tertiary alicyclic amines) is 1. The molecular weight excluding hydrogens is 338 g/mol. The molecule has 1 unspecified atom stereocenters. The van der Waals surface area contributed by atoms with E-state index in [1.54, 1.807) is 19.4 Å². The van der Waals surface area contributed by atoms with Crippen molar-refractivity contribution in [3.63, 3.8) is 0 Å². The molecule has 144 valence electrons. The van der Waals surface area contributed by atoms with E-state index >= 15 is 0 Å². The molecule has 3 rings (SSSR count). The van der Waals surface area contributed by atoms with E-state index in [9.17, 15) is 4.79 Å². The summed E-state index contributed by atoms with van der Waals surface area (Å²) >= 11 is 0. The Balaban J connectivity index is 1.51. The number of carbonyl (C=O) groups is 1. The van der Waals surface area contributed by atoms with Crippen LogP contribution >= 0.6 is 0 Å². The van der Waals surface area contributed by atoms with Crippen molar-refractivity contribution < 1.29 is 9.53 Å². The number of pyridine rings is 1.